The Bertz CT molecular complexity index is 1930. The van der Waals surface area contributed by atoms with Crippen molar-refractivity contribution in [1.29, 1.82) is 0 Å². The number of methoxy groups -OCH3 is 3. The molecular weight excluding hydrogens is 585 g/mol. The number of nitrogen functional groups attached to an aromatic ring is 1. The smallest absolute Gasteiger partial charge is 0.274 e. The van der Waals surface area contributed by atoms with E-state index in [1.807, 2.05) is 60.0 Å². The summed E-state index contributed by atoms with van der Waals surface area (Å²) in [7, 11) is 4.68. The summed E-state index contributed by atoms with van der Waals surface area (Å²) < 4.78 is 16.3. The van der Waals surface area contributed by atoms with Crippen LogP contribution in [0.2, 0.25) is 0 Å². The lowest BCUT2D eigenvalue weighted by atomic mass is 10.1. The number of carbonyl (C=O) groups excluding carboxylic acids is 1. The summed E-state index contributed by atoms with van der Waals surface area (Å²) in [5.74, 6) is 1.62. The molecule has 10 nitrogen and oxygen atoms in total. The topological polar surface area (TPSA) is 134 Å². The number of rotatable bonds is 9. The number of nitrogens with zero attached hydrogens (tertiary/aromatic N) is 3. The van der Waals surface area contributed by atoms with Crippen molar-refractivity contribution in [3.63, 3.8) is 0 Å². The maximum absolute atomic E-state index is 12.9. The van der Waals surface area contributed by atoms with Gasteiger partial charge in [0, 0.05) is 39.8 Å². The van der Waals surface area contributed by atoms with Gasteiger partial charge in [0.15, 0.2) is 16.6 Å². The molecular formula is C31H26N6O4S2. The highest BCUT2D eigenvalue weighted by Gasteiger charge is 2.18. The van der Waals surface area contributed by atoms with E-state index in [2.05, 4.69) is 20.6 Å². The van der Waals surface area contributed by atoms with Gasteiger partial charge in [-0.15, -0.1) is 11.3 Å². The van der Waals surface area contributed by atoms with Gasteiger partial charge in [-0.25, -0.2) is 15.0 Å². The highest BCUT2D eigenvalue weighted by molar-refractivity contribution is 7.23. The Balaban J connectivity index is 1.20. The molecule has 43 heavy (non-hydrogen) atoms. The van der Waals surface area contributed by atoms with Crippen molar-refractivity contribution in [2.45, 2.75) is 0 Å². The molecule has 4 N–H and O–H groups in total. The molecule has 6 aromatic rings. The quantitative estimate of drug-likeness (QED) is 0.157. The number of aromatic nitrogens is 3. The second-order valence-corrected chi connectivity index (χ2v) is 11.1. The molecule has 12 heteroatoms. The van der Waals surface area contributed by atoms with Crippen LogP contribution in [-0.2, 0) is 0 Å². The minimum Gasteiger partial charge on any atom is -0.493 e. The van der Waals surface area contributed by atoms with Crippen LogP contribution in [0.4, 0.5) is 22.3 Å². The fourth-order valence-electron chi connectivity index (χ4n) is 4.47. The second-order valence-electron chi connectivity index (χ2n) is 9.23. The summed E-state index contributed by atoms with van der Waals surface area (Å²) in [6, 6.07) is 22.4. The minimum absolute atomic E-state index is 0.286. The molecule has 0 atom stereocenters. The van der Waals surface area contributed by atoms with E-state index in [-0.39, 0.29) is 5.91 Å². The zero-order chi connectivity index (χ0) is 29.9. The van der Waals surface area contributed by atoms with Gasteiger partial charge in [0.2, 0.25) is 5.75 Å². The van der Waals surface area contributed by atoms with E-state index in [9.17, 15) is 4.79 Å². The van der Waals surface area contributed by atoms with Crippen LogP contribution in [0.3, 0.4) is 0 Å². The number of thiazole rings is 2. The predicted molar refractivity (Wildman–Crippen MR) is 172 cm³/mol. The van der Waals surface area contributed by atoms with Gasteiger partial charge >= 0.3 is 0 Å². The zero-order valence-corrected chi connectivity index (χ0v) is 25.0. The van der Waals surface area contributed by atoms with Gasteiger partial charge in [-0.3, -0.25) is 4.79 Å². The van der Waals surface area contributed by atoms with E-state index in [0.717, 1.165) is 32.0 Å². The third kappa shape index (κ3) is 5.78. The third-order valence-electron chi connectivity index (χ3n) is 6.52. The average Bonchev–Trinajstić information content (AvgIpc) is 3.66. The number of carbonyl (C=O) groups is 1. The van der Waals surface area contributed by atoms with Crippen molar-refractivity contribution in [2.24, 2.45) is 0 Å². The van der Waals surface area contributed by atoms with E-state index in [0.29, 0.717) is 45.3 Å². The Morgan fingerprint density at radius 2 is 1.63 bits per heavy atom. The van der Waals surface area contributed by atoms with Crippen LogP contribution in [-0.4, -0.2) is 42.2 Å². The van der Waals surface area contributed by atoms with Crippen LogP contribution in [0.5, 0.6) is 17.2 Å². The van der Waals surface area contributed by atoms with Crippen molar-refractivity contribution in [3.8, 4) is 38.4 Å². The Hall–Kier alpha value is -5.20. The number of para-hydroxylation sites is 1. The molecule has 0 radical (unpaired) electrons. The number of pyridine rings is 1. The van der Waals surface area contributed by atoms with Crippen LogP contribution in [0.15, 0.2) is 78.2 Å². The first-order chi connectivity index (χ1) is 20.9. The van der Waals surface area contributed by atoms with E-state index >= 15 is 0 Å². The van der Waals surface area contributed by atoms with Crippen LogP contribution in [0.25, 0.3) is 32.0 Å². The number of fused-ring (bicyclic) bond motifs is 1. The van der Waals surface area contributed by atoms with Gasteiger partial charge in [0.1, 0.15) is 21.4 Å². The molecule has 0 aliphatic rings. The fraction of sp³-hybridized carbons (Fsp3) is 0.0968. The van der Waals surface area contributed by atoms with Crippen molar-refractivity contribution >= 4 is 61.8 Å². The lowest BCUT2D eigenvalue weighted by molar-refractivity contribution is 0.102. The van der Waals surface area contributed by atoms with E-state index in [4.69, 9.17) is 24.9 Å². The third-order valence-corrected chi connectivity index (χ3v) is 8.50. The van der Waals surface area contributed by atoms with Gasteiger partial charge in [-0.1, -0.05) is 47.7 Å². The summed E-state index contributed by atoms with van der Waals surface area (Å²) in [6.45, 7) is 0. The number of ether oxygens (including phenoxy) is 3. The zero-order valence-electron chi connectivity index (χ0n) is 23.4. The molecule has 0 saturated carbocycles. The van der Waals surface area contributed by atoms with Crippen molar-refractivity contribution in [1.82, 2.24) is 15.0 Å². The van der Waals surface area contributed by atoms with E-state index in [1.165, 1.54) is 22.7 Å². The molecule has 0 fully saturated rings. The molecule has 1 amide bonds. The Labute approximate surface area is 255 Å². The summed E-state index contributed by atoms with van der Waals surface area (Å²) in [6.07, 6.45) is 0. The van der Waals surface area contributed by atoms with Gasteiger partial charge in [0.25, 0.3) is 5.91 Å². The lowest BCUT2D eigenvalue weighted by Crippen LogP contribution is -2.13. The number of nitrogens with two attached hydrogens (primary N) is 1. The first-order valence-corrected chi connectivity index (χ1v) is 14.7. The number of hydrogen-bond donors (Lipinski definition) is 3. The molecule has 3 aromatic heterocycles. The van der Waals surface area contributed by atoms with Crippen LogP contribution < -0.4 is 30.6 Å². The predicted octanol–water partition coefficient (Wildman–Crippen LogP) is 7.09. The standard InChI is InChI=1S/C31H26N6O4S2/c1-39-24-14-20(15-25(40-2)26(24)41-3)34-31-37-28(32)27(43-31)30-36-23(16-42-30)18-8-6-9-19(13-18)33-29(38)22-12-11-17-7-4-5-10-21(17)35-22/h4-16H,32H2,1-3H3,(H,33,38)(H,34,37). The number of amides is 1. The summed E-state index contributed by atoms with van der Waals surface area (Å²) in [4.78, 5) is 27.5. The molecule has 0 bridgehead atoms. The summed E-state index contributed by atoms with van der Waals surface area (Å²) >= 11 is 2.85. The number of nitrogens with one attached hydrogen (secondary N) is 2. The largest absolute Gasteiger partial charge is 0.493 e. The first-order valence-electron chi connectivity index (χ1n) is 13.0. The Morgan fingerprint density at radius 1 is 0.837 bits per heavy atom. The number of anilines is 4. The number of benzene rings is 3. The molecule has 3 heterocycles. The molecule has 216 valence electrons. The van der Waals surface area contributed by atoms with Crippen molar-refractivity contribution in [3.05, 3.63) is 83.9 Å². The highest BCUT2D eigenvalue weighted by Crippen LogP contribution is 2.43. The van der Waals surface area contributed by atoms with Gasteiger partial charge in [-0.2, -0.15) is 0 Å². The molecule has 3 aromatic carbocycles. The van der Waals surface area contributed by atoms with Crippen molar-refractivity contribution < 1.29 is 19.0 Å². The average molecular weight is 611 g/mol. The first kappa shape index (κ1) is 27.9. The Kier molecular flexibility index (Phi) is 7.77. The molecule has 0 saturated heterocycles. The van der Waals surface area contributed by atoms with Crippen LogP contribution in [0.1, 0.15) is 10.5 Å². The van der Waals surface area contributed by atoms with Gasteiger partial charge in [-0.05, 0) is 24.3 Å². The summed E-state index contributed by atoms with van der Waals surface area (Å²) in [5, 5.41) is 10.5. The molecule has 0 aliphatic heterocycles. The van der Waals surface area contributed by atoms with Crippen LogP contribution >= 0.6 is 22.7 Å². The summed E-state index contributed by atoms with van der Waals surface area (Å²) in [5.41, 5.74) is 10.4. The SMILES string of the molecule is COc1cc(Nc2nc(N)c(-c3nc(-c4cccc(NC(=O)c5ccc6ccccc6n5)c4)cs3)s2)cc(OC)c1OC. The lowest BCUT2D eigenvalue weighted by Gasteiger charge is -2.14. The normalized spacial score (nSPS) is 10.9. The maximum Gasteiger partial charge on any atom is 0.274 e. The van der Waals surface area contributed by atoms with Crippen LogP contribution in [0, 0.1) is 0 Å². The van der Waals surface area contributed by atoms with Gasteiger partial charge < -0.3 is 30.6 Å². The molecule has 0 unspecified atom stereocenters. The van der Waals surface area contributed by atoms with Gasteiger partial charge in [0.05, 0.1) is 32.5 Å². The second kappa shape index (κ2) is 12.0. The molecule has 0 aliphatic carbocycles. The molecule has 6 rings (SSSR count). The maximum atomic E-state index is 12.9. The highest BCUT2D eigenvalue weighted by atomic mass is 32.1. The Morgan fingerprint density at radius 3 is 2.40 bits per heavy atom. The monoisotopic (exact) mass is 610 g/mol. The van der Waals surface area contributed by atoms with E-state index < -0.39 is 0 Å². The number of hydrogen-bond acceptors (Lipinski definition) is 11. The molecule has 0 spiro atoms. The minimum atomic E-state index is -0.286. The van der Waals surface area contributed by atoms with E-state index in [1.54, 1.807) is 39.5 Å². The van der Waals surface area contributed by atoms with Crippen molar-refractivity contribution in [2.75, 3.05) is 37.7 Å². The fourth-order valence-corrected chi connectivity index (χ4v) is 6.30.